The third-order valence-corrected chi connectivity index (χ3v) is 11.8. The molecule has 6 heteroatoms. The van der Waals surface area contributed by atoms with Gasteiger partial charge in [-0.15, -0.1) is 0 Å². The molecule has 6 nitrogen and oxygen atoms in total. The molecule has 0 aliphatic rings. The highest BCUT2D eigenvalue weighted by Gasteiger charge is 2.19. The molecule has 0 aromatic rings. The molecule has 0 unspecified atom stereocenters. The maximum absolute atomic E-state index is 12.8. The van der Waals surface area contributed by atoms with Crippen LogP contribution in [0.4, 0.5) is 0 Å². The van der Waals surface area contributed by atoms with Crippen molar-refractivity contribution in [2.24, 2.45) is 0 Å². The summed E-state index contributed by atoms with van der Waals surface area (Å²) in [6.07, 6.45) is 74.0. The number of esters is 3. The summed E-state index contributed by atoms with van der Waals surface area (Å²) in [4.78, 5) is 38.1. The van der Waals surface area contributed by atoms with E-state index in [9.17, 15) is 14.4 Å². The van der Waals surface area contributed by atoms with E-state index in [1.165, 1.54) is 122 Å². The summed E-state index contributed by atoms with van der Waals surface area (Å²) < 4.78 is 16.8. The van der Waals surface area contributed by atoms with E-state index in [1.807, 2.05) is 6.08 Å². The van der Waals surface area contributed by atoms with Crippen molar-refractivity contribution >= 4 is 17.9 Å². The zero-order valence-corrected chi connectivity index (χ0v) is 44.3. The summed E-state index contributed by atoms with van der Waals surface area (Å²) in [6.45, 7) is 6.44. The zero-order chi connectivity index (χ0) is 49.3. The largest absolute Gasteiger partial charge is 0.462 e. The summed E-state index contributed by atoms with van der Waals surface area (Å²) in [6, 6.07) is 0. The molecule has 0 spiro atoms. The average Bonchev–Trinajstić information content (AvgIpc) is 3.34. The Morgan fingerprint density at radius 1 is 0.309 bits per heavy atom. The Bertz CT molecular complexity index is 1360. The van der Waals surface area contributed by atoms with Gasteiger partial charge in [-0.05, 0) is 109 Å². The van der Waals surface area contributed by atoms with Gasteiger partial charge >= 0.3 is 17.9 Å². The Hall–Kier alpha value is -3.67. The van der Waals surface area contributed by atoms with Gasteiger partial charge < -0.3 is 14.2 Å². The minimum Gasteiger partial charge on any atom is -0.462 e. The first kappa shape index (κ1) is 64.3. The number of ether oxygens (including phenoxy) is 3. The molecule has 0 aliphatic heterocycles. The van der Waals surface area contributed by atoms with Crippen molar-refractivity contribution in [2.45, 2.75) is 264 Å². The van der Waals surface area contributed by atoms with Crippen LogP contribution in [-0.4, -0.2) is 37.2 Å². The van der Waals surface area contributed by atoms with E-state index in [-0.39, 0.29) is 37.5 Å². The minimum atomic E-state index is -0.814. The highest BCUT2D eigenvalue weighted by molar-refractivity contribution is 5.71. The van der Waals surface area contributed by atoms with E-state index >= 15 is 0 Å². The lowest BCUT2D eigenvalue weighted by Gasteiger charge is -2.18. The van der Waals surface area contributed by atoms with Crippen molar-refractivity contribution in [3.63, 3.8) is 0 Å². The van der Waals surface area contributed by atoms with Crippen LogP contribution in [0.5, 0.6) is 0 Å². The standard InChI is InChI=1S/C62H104O6/c1-4-7-10-13-16-19-22-25-28-30-31-33-34-37-40-43-46-49-52-55-61(64)67-58-59(57-66-60(63)54-51-48-45-42-39-36-27-24-21-18-15-12-9-6-3)68-62(65)56-53-50-47-44-41-38-35-32-29-26-23-20-17-14-11-8-5-2/h7,10,16,19,24-29,31,33,37,40,46,49,59H,4-6,8-9,11-15,17-18,20-23,30,32,34-36,38-39,41-45,47-48,50-58H2,1-3H3/b10-7-,19-16-,27-24-,28-25-,29-26-,33-31-,40-37-,49-46-/t59-/m1/s1. The first-order valence-electron chi connectivity index (χ1n) is 28.2. The lowest BCUT2D eigenvalue weighted by atomic mass is 10.1. The first-order chi connectivity index (χ1) is 33.5. The number of hydrogen-bond donors (Lipinski definition) is 0. The first-order valence-corrected chi connectivity index (χ1v) is 28.2. The van der Waals surface area contributed by atoms with Gasteiger partial charge in [-0.25, -0.2) is 0 Å². The molecule has 0 radical (unpaired) electrons. The molecule has 0 rings (SSSR count). The van der Waals surface area contributed by atoms with Crippen molar-refractivity contribution in [3.05, 3.63) is 97.2 Å². The Kier molecular flexibility index (Phi) is 52.9. The Balaban J connectivity index is 4.51. The van der Waals surface area contributed by atoms with Crippen molar-refractivity contribution in [1.29, 1.82) is 0 Å². The predicted octanol–water partition coefficient (Wildman–Crippen LogP) is 18.9. The molecule has 0 fully saturated rings. The van der Waals surface area contributed by atoms with E-state index in [4.69, 9.17) is 14.2 Å². The van der Waals surface area contributed by atoms with Gasteiger partial charge in [0.15, 0.2) is 6.10 Å². The van der Waals surface area contributed by atoms with E-state index in [0.717, 1.165) is 89.9 Å². The van der Waals surface area contributed by atoms with Crippen molar-refractivity contribution in [2.75, 3.05) is 13.2 Å². The van der Waals surface area contributed by atoms with Gasteiger partial charge in [0.1, 0.15) is 13.2 Å². The summed E-state index contributed by atoms with van der Waals surface area (Å²) in [5.74, 6) is -1.00. The van der Waals surface area contributed by atoms with Gasteiger partial charge in [0, 0.05) is 19.3 Å². The fraction of sp³-hybridized carbons (Fsp3) is 0.694. The van der Waals surface area contributed by atoms with Crippen LogP contribution in [0.1, 0.15) is 258 Å². The van der Waals surface area contributed by atoms with Crippen LogP contribution in [0.25, 0.3) is 0 Å². The van der Waals surface area contributed by atoms with Gasteiger partial charge in [0.05, 0.1) is 0 Å². The minimum absolute atomic E-state index is 0.107. The molecule has 388 valence electrons. The second-order valence-corrected chi connectivity index (χ2v) is 18.5. The van der Waals surface area contributed by atoms with Crippen LogP contribution in [-0.2, 0) is 28.6 Å². The topological polar surface area (TPSA) is 78.9 Å². The van der Waals surface area contributed by atoms with Crippen LogP contribution in [0.15, 0.2) is 97.2 Å². The van der Waals surface area contributed by atoms with Gasteiger partial charge in [0.2, 0.25) is 0 Å². The van der Waals surface area contributed by atoms with E-state index < -0.39 is 6.10 Å². The lowest BCUT2D eigenvalue weighted by molar-refractivity contribution is -0.166. The summed E-state index contributed by atoms with van der Waals surface area (Å²) in [5, 5.41) is 0. The summed E-state index contributed by atoms with van der Waals surface area (Å²) in [7, 11) is 0. The van der Waals surface area contributed by atoms with Crippen LogP contribution >= 0.6 is 0 Å². The van der Waals surface area contributed by atoms with Crippen molar-refractivity contribution in [3.8, 4) is 0 Å². The maximum Gasteiger partial charge on any atom is 0.306 e. The highest BCUT2D eigenvalue weighted by atomic mass is 16.6. The average molecular weight is 946 g/mol. The van der Waals surface area contributed by atoms with E-state index in [2.05, 4.69) is 112 Å². The Morgan fingerprint density at radius 2 is 0.603 bits per heavy atom. The van der Waals surface area contributed by atoms with E-state index in [1.54, 1.807) is 0 Å². The Labute approximate surface area is 419 Å². The lowest BCUT2D eigenvalue weighted by Crippen LogP contribution is -2.30. The maximum atomic E-state index is 12.8. The van der Waals surface area contributed by atoms with Gasteiger partial charge in [-0.1, -0.05) is 227 Å². The number of rotatable bonds is 50. The number of unbranched alkanes of at least 4 members (excludes halogenated alkanes) is 23. The molecule has 0 heterocycles. The molecule has 0 aromatic heterocycles. The van der Waals surface area contributed by atoms with Crippen molar-refractivity contribution < 1.29 is 28.6 Å². The van der Waals surface area contributed by atoms with Gasteiger partial charge in [0.25, 0.3) is 0 Å². The SMILES string of the molecule is CC/C=C\C/C=C\C/C=C\C/C=C\C/C=C\C/C=C\CCC(=O)OC[C@@H](COC(=O)CCCCCCC/C=C\CCCCCCC)OC(=O)CCCCCCCCC/C=C\CCCCCCCC. The van der Waals surface area contributed by atoms with Crippen LogP contribution in [0.3, 0.4) is 0 Å². The number of carbonyl (C=O) groups is 3. The number of hydrogen-bond acceptors (Lipinski definition) is 6. The van der Waals surface area contributed by atoms with Crippen LogP contribution < -0.4 is 0 Å². The highest BCUT2D eigenvalue weighted by Crippen LogP contribution is 2.14. The Morgan fingerprint density at radius 3 is 0.985 bits per heavy atom. The smallest absolute Gasteiger partial charge is 0.306 e. The molecule has 0 bridgehead atoms. The fourth-order valence-electron chi connectivity index (χ4n) is 7.57. The second-order valence-electron chi connectivity index (χ2n) is 18.5. The molecular weight excluding hydrogens is 841 g/mol. The summed E-state index contributed by atoms with van der Waals surface area (Å²) >= 11 is 0. The zero-order valence-electron chi connectivity index (χ0n) is 44.3. The molecule has 0 N–H and O–H groups in total. The molecule has 0 aliphatic carbocycles. The molecular formula is C62H104O6. The third-order valence-electron chi connectivity index (χ3n) is 11.8. The quantitative estimate of drug-likeness (QED) is 0.0262. The monoisotopic (exact) mass is 945 g/mol. The molecule has 0 aromatic carbocycles. The van der Waals surface area contributed by atoms with E-state index in [0.29, 0.717) is 19.3 Å². The molecule has 0 amide bonds. The normalized spacial score (nSPS) is 12.8. The van der Waals surface area contributed by atoms with Crippen LogP contribution in [0.2, 0.25) is 0 Å². The molecule has 0 saturated heterocycles. The third kappa shape index (κ3) is 53.3. The van der Waals surface area contributed by atoms with Gasteiger partial charge in [-0.2, -0.15) is 0 Å². The predicted molar refractivity (Wildman–Crippen MR) is 293 cm³/mol. The summed E-state index contributed by atoms with van der Waals surface area (Å²) in [5.41, 5.74) is 0. The van der Waals surface area contributed by atoms with Crippen molar-refractivity contribution in [1.82, 2.24) is 0 Å². The molecule has 68 heavy (non-hydrogen) atoms. The molecule has 0 saturated carbocycles. The molecule has 1 atom stereocenters. The number of carbonyl (C=O) groups excluding carboxylic acids is 3. The fourth-order valence-corrected chi connectivity index (χ4v) is 7.57. The second kappa shape index (κ2) is 55.9. The van der Waals surface area contributed by atoms with Gasteiger partial charge in [-0.3, -0.25) is 14.4 Å². The number of allylic oxidation sites excluding steroid dienone is 16. The van der Waals surface area contributed by atoms with Crippen LogP contribution in [0, 0.1) is 0 Å².